The van der Waals surface area contributed by atoms with E-state index in [0.29, 0.717) is 11.6 Å². The van der Waals surface area contributed by atoms with E-state index >= 15 is 0 Å². The normalized spacial score (nSPS) is 16.3. The summed E-state index contributed by atoms with van der Waals surface area (Å²) in [6.45, 7) is 2.03. The van der Waals surface area contributed by atoms with Crippen molar-refractivity contribution in [3.63, 3.8) is 0 Å². The number of carbonyl (C=O) groups is 1. The molecule has 0 aromatic carbocycles. The van der Waals surface area contributed by atoms with Crippen molar-refractivity contribution in [2.75, 3.05) is 5.32 Å². The largest absolute Gasteiger partial charge is 0.301 e. The van der Waals surface area contributed by atoms with E-state index in [4.69, 9.17) is 0 Å². The van der Waals surface area contributed by atoms with Crippen LogP contribution < -0.4 is 5.32 Å². The second-order valence-electron chi connectivity index (χ2n) is 4.59. The lowest BCUT2D eigenvalue weighted by molar-refractivity contribution is -0.116. The van der Waals surface area contributed by atoms with Crippen LogP contribution in [0.15, 0.2) is 0 Å². The highest BCUT2D eigenvalue weighted by atomic mass is 32.1. The minimum atomic E-state index is 0.0794. The van der Waals surface area contributed by atoms with Crippen molar-refractivity contribution >= 4 is 22.4 Å². The zero-order chi connectivity index (χ0) is 12.1. The van der Waals surface area contributed by atoms with E-state index in [2.05, 4.69) is 15.5 Å². The van der Waals surface area contributed by atoms with Crippen molar-refractivity contribution in [3.05, 3.63) is 5.01 Å². The molecule has 1 amide bonds. The summed E-state index contributed by atoms with van der Waals surface area (Å²) in [6.07, 6.45) is 7.77. The Balaban J connectivity index is 1.72. The van der Waals surface area contributed by atoms with Gasteiger partial charge in [-0.2, -0.15) is 0 Å². The van der Waals surface area contributed by atoms with Crippen molar-refractivity contribution in [1.29, 1.82) is 0 Å². The van der Waals surface area contributed by atoms with Crippen LogP contribution >= 0.6 is 11.3 Å². The quantitative estimate of drug-likeness (QED) is 0.877. The Morgan fingerprint density at radius 3 is 2.82 bits per heavy atom. The first-order valence-corrected chi connectivity index (χ1v) is 7.22. The number of amides is 1. The molecule has 1 aromatic heterocycles. The maximum Gasteiger partial charge on any atom is 0.226 e. The molecule has 1 N–H and O–H groups in total. The number of aryl methyl sites for hydroxylation is 1. The Kier molecular flexibility index (Phi) is 4.48. The number of anilines is 1. The fourth-order valence-corrected chi connectivity index (χ4v) is 2.96. The standard InChI is InChI=1S/C12H19N3OS/c1-2-11-14-15-12(17-11)13-10(16)8-7-9-5-3-4-6-9/h9H,2-8H2,1H3,(H,13,15,16). The molecule has 94 valence electrons. The molecule has 0 unspecified atom stereocenters. The Hall–Kier alpha value is -0.970. The number of aromatic nitrogens is 2. The number of rotatable bonds is 5. The lowest BCUT2D eigenvalue weighted by Crippen LogP contribution is -2.12. The molecular weight excluding hydrogens is 234 g/mol. The van der Waals surface area contributed by atoms with Crippen LogP contribution in [0, 0.1) is 5.92 Å². The van der Waals surface area contributed by atoms with Gasteiger partial charge in [-0.15, -0.1) is 10.2 Å². The Bertz CT molecular complexity index is 372. The predicted molar refractivity (Wildman–Crippen MR) is 69.1 cm³/mol. The number of nitrogens with one attached hydrogen (secondary N) is 1. The summed E-state index contributed by atoms with van der Waals surface area (Å²) >= 11 is 1.47. The third-order valence-corrected chi connectivity index (χ3v) is 4.25. The van der Waals surface area contributed by atoms with Crippen LogP contribution in [0.3, 0.4) is 0 Å². The van der Waals surface area contributed by atoms with E-state index in [-0.39, 0.29) is 5.91 Å². The molecule has 0 aliphatic heterocycles. The summed E-state index contributed by atoms with van der Waals surface area (Å²) in [5.41, 5.74) is 0. The van der Waals surface area contributed by atoms with Gasteiger partial charge in [0.1, 0.15) is 5.01 Å². The average molecular weight is 253 g/mol. The van der Waals surface area contributed by atoms with Gasteiger partial charge in [-0.3, -0.25) is 4.79 Å². The number of carbonyl (C=O) groups excluding carboxylic acids is 1. The molecule has 0 radical (unpaired) electrons. The van der Waals surface area contributed by atoms with Gasteiger partial charge in [0, 0.05) is 6.42 Å². The lowest BCUT2D eigenvalue weighted by atomic mass is 10.0. The van der Waals surface area contributed by atoms with Crippen LogP contribution in [0.4, 0.5) is 5.13 Å². The van der Waals surface area contributed by atoms with E-state index in [1.807, 2.05) is 6.92 Å². The highest BCUT2D eigenvalue weighted by Crippen LogP contribution is 2.28. The molecule has 5 heteroatoms. The molecule has 1 aliphatic rings. The van der Waals surface area contributed by atoms with Gasteiger partial charge in [-0.1, -0.05) is 43.9 Å². The zero-order valence-electron chi connectivity index (χ0n) is 10.2. The van der Waals surface area contributed by atoms with Gasteiger partial charge in [0.15, 0.2) is 0 Å². The predicted octanol–water partition coefficient (Wildman–Crippen LogP) is 3.01. The Morgan fingerprint density at radius 2 is 2.18 bits per heavy atom. The van der Waals surface area contributed by atoms with E-state index in [9.17, 15) is 4.79 Å². The van der Waals surface area contributed by atoms with Crippen molar-refractivity contribution in [2.24, 2.45) is 5.92 Å². The van der Waals surface area contributed by atoms with Gasteiger partial charge in [0.2, 0.25) is 11.0 Å². The van der Waals surface area contributed by atoms with Gasteiger partial charge in [-0.05, 0) is 18.8 Å². The van der Waals surface area contributed by atoms with Crippen molar-refractivity contribution in [1.82, 2.24) is 10.2 Å². The second-order valence-corrected chi connectivity index (χ2v) is 5.65. The van der Waals surface area contributed by atoms with Gasteiger partial charge >= 0.3 is 0 Å². The minimum Gasteiger partial charge on any atom is -0.301 e. The molecule has 1 fully saturated rings. The van der Waals surface area contributed by atoms with Gasteiger partial charge < -0.3 is 5.32 Å². The third kappa shape index (κ3) is 3.77. The molecule has 17 heavy (non-hydrogen) atoms. The minimum absolute atomic E-state index is 0.0794. The fraction of sp³-hybridized carbons (Fsp3) is 0.750. The average Bonchev–Trinajstić information content (AvgIpc) is 2.97. The zero-order valence-corrected chi connectivity index (χ0v) is 11.1. The second kappa shape index (κ2) is 6.10. The van der Waals surface area contributed by atoms with Crippen molar-refractivity contribution < 1.29 is 4.79 Å². The highest BCUT2D eigenvalue weighted by Gasteiger charge is 2.16. The molecule has 0 bridgehead atoms. The molecule has 1 heterocycles. The maximum absolute atomic E-state index is 11.7. The molecule has 2 rings (SSSR count). The Morgan fingerprint density at radius 1 is 1.41 bits per heavy atom. The van der Waals surface area contributed by atoms with E-state index in [1.54, 1.807) is 0 Å². The van der Waals surface area contributed by atoms with Crippen LogP contribution in [0.5, 0.6) is 0 Å². The summed E-state index contributed by atoms with van der Waals surface area (Å²) in [7, 11) is 0. The molecule has 1 aromatic rings. The van der Waals surface area contributed by atoms with Gasteiger partial charge in [-0.25, -0.2) is 0 Å². The summed E-state index contributed by atoms with van der Waals surface area (Å²) in [6, 6.07) is 0. The topological polar surface area (TPSA) is 54.9 Å². The first-order valence-electron chi connectivity index (χ1n) is 6.40. The van der Waals surface area contributed by atoms with Crippen LogP contribution in [-0.2, 0) is 11.2 Å². The lowest BCUT2D eigenvalue weighted by Gasteiger charge is -2.07. The highest BCUT2D eigenvalue weighted by molar-refractivity contribution is 7.15. The van der Waals surface area contributed by atoms with E-state index in [0.717, 1.165) is 23.8 Å². The number of nitrogens with zero attached hydrogens (tertiary/aromatic N) is 2. The molecule has 1 aliphatic carbocycles. The monoisotopic (exact) mass is 253 g/mol. The number of hydrogen-bond acceptors (Lipinski definition) is 4. The van der Waals surface area contributed by atoms with Crippen LogP contribution in [0.1, 0.15) is 50.5 Å². The van der Waals surface area contributed by atoms with Crippen LogP contribution in [0.25, 0.3) is 0 Å². The maximum atomic E-state index is 11.7. The molecular formula is C12H19N3OS. The molecule has 0 atom stereocenters. The third-order valence-electron chi connectivity index (χ3n) is 3.27. The molecule has 1 saturated carbocycles. The van der Waals surface area contributed by atoms with E-state index in [1.165, 1.54) is 37.0 Å². The fourth-order valence-electron chi connectivity index (χ4n) is 2.26. The molecule has 0 saturated heterocycles. The number of hydrogen-bond donors (Lipinski definition) is 1. The Labute approximate surface area is 106 Å². The summed E-state index contributed by atoms with van der Waals surface area (Å²) in [4.78, 5) is 11.7. The van der Waals surface area contributed by atoms with Gasteiger partial charge in [0.25, 0.3) is 0 Å². The smallest absolute Gasteiger partial charge is 0.226 e. The van der Waals surface area contributed by atoms with Crippen molar-refractivity contribution in [2.45, 2.75) is 51.9 Å². The summed E-state index contributed by atoms with van der Waals surface area (Å²) in [5.74, 6) is 0.845. The summed E-state index contributed by atoms with van der Waals surface area (Å²) < 4.78 is 0. The van der Waals surface area contributed by atoms with Crippen LogP contribution in [-0.4, -0.2) is 16.1 Å². The first kappa shape index (κ1) is 12.5. The van der Waals surface area contributed by atoms with E-state index < -0.39 is 0 Å². The summed E-state index contributed by atoms with van der Waals surface area (Å²) in [5, 5.41) is 12.4. The van der Waals surface area contributed by atoms with Gasteiger partial charge in [0.05, 0.1) is 0 Å². The van der Waals surface area contributed by atoms with Crippen LogP contribution in [0.2, 0.25) is 0 Å². The SMILES string of the molecule is CCc1nnc(NC(=O)CCC2CCCC2)s1. The first-order chi connectivity index (χ1) is 8.28. The van der Waals surface area contributed by atoms with Crippen molar-refractivity contribution in [3.8, 4) is 0 Å². The molecule has 0 spiro atoms. The molecule has 4 nitrogen and oxygen atoms in total.